The van der Waals surface area contributed by atoms with Gasteiger partial charge in [-0.3, -0.25) is 13.9 Å². The van der Waals surface area contributed by atoms with E-state index in [0.717, 1.165) is 21.1 Å². The largest absolute Gasteiger partial charge is 0.329 e. The molecule has 0 bridgehead atoms. The van der Waals surface area contributed by atoms with E-state index in [1.54, 1.807) is 15.2 Å². The van der Waals surface area contributed by atoms with Crippen LogP contribution in [0.4, 0.5) is 5.69 Å². The molecule has 1 N–H and O–H groups in total. The van der Waals surface area contributed by atoms with Gasteiger partial charge < -0.3 is 5.32 Å². The number of nitrogens with zero attached hydrogens (tertiary/aromatic N) is 2. The molecule has 1 aromatic heterocycles. The van der Waals surface area contributed by atoms with E-state index in [1.165, 1.54) is 0 Å². The fourth-order valence-corrected chi connectivity index (χ4v) is 3.45. The number of rotatable bonds is 4. The third-order valence-corrected chi connectivity index (χ3v) is 4.92. The first-order chi connectivity index (χ1) is 12.0. The smallest absolute Gasteiger partial charge is 0.321 e. The molecule has 0 radical (unpaired) electrons. The van der Waals surface area contributed by atoms with Gasteiger partial charge in [0.15, 0.2) is 0 Å². The van der Waals surface area contributed by atoms with Crippen LogP contribution in [0.5, 0.6) is 0 Å². The fourth-order valence-electron chi connectivity index (χ4n) is 3.02. The van der Waals surface area contributed by atoms with Crippen LogP contribution in [0, 0.1) is 6.92 Å². The highest BCUT2D eigenvalue weighted by atomic mass is 79.9. The molecule has 0 atom stereocenters. The van der Waals surface area contributed by atoms with E-state index in [9.17, 15) is 9.59 Å². The summed E-state index contributed by atoms with van der Waals surface area (Å²) in [4.78, 5) is 25.0. The molecule has 130 valence electrons. The van der Waals surface area contributed by atoms with Crippen molar-refractivity contribution in [1.82, 2.24) is 9.13 Å². The average Bonchev–Trinajstić information content (AvgIpc) is 2.85. The lowest BCUT2D eigenvalue weighted by Gasteiger charge is -2.10. The van der Waals surface area contributed by atoms with Crippen LogP contribution in [-0.2, 0) is 13.1 Å². The molecule has 6 heteroatoms. The van der Waals surface area contributed by atoms with Crippen molar-refractivity contribution in [3.05, 3.63) is 62.5 Å². The lowest BCUT2D eigenvalue weighted by molar-refractivity contribution is 0.102. The molecule has 0 unspecified atom stereocenters. The van der Waals surface area contributed by atoms with Gasteiger partial charge in [0.05, 0.1) is 16.7 Å². The number of benzene rings is 2. The van der Waals surface area contributed by atoms with Gasteiger partial charge >= 0.3 is 5.69 Å². The van der Waals surface area contributed by atoms with Crippen molar-refractivity contribution in [2.45, 2.75) is 33.9 Å². The molecule has 0 spiro atoms. The minimum Gasteiger partial charge on any atom is -0.321 e. The number of fused-ring (bicyclic) bond motifs is 1. The molecule has 0 aliphatic heterocycles. The fraction of sp³-hybridized carbons (Fsp3) is 0.263. The van der Waals surface area contributed by atoms with Crippen LogP contribution < -0.4 is 11.0 Å². The number of imidazole rings is 1. The maximum atomic E-state index is 12.5. The topological polar surface area (TPSA) is 56.0 Å². The number of nitrogens with one attached hydrogen (secondary N) is 1. The molecule has 3 aromatic rings. The number of anilines is 1. The first kappa shape index (κ1) is 17.5. The Kier molecular flexibility index (Phi) is 4.81. The average molecular weight is 402 g/mol. The van der Waals surface area contributed by atoms with Gasteiger partial charge in [0.25, 0.3) is 5.91 Å². The van der Waals surface area contributed by atoms with E-state index in [-0.39, 0.29) is 11.6 Å². The highest BCUT2D eigenvalue weighted by Crippen LogP contribution is 2.29. The van der Waals surface area contributed by atoms with Gasteiger partial charge in [-0.05, 0) is 61.0 Å². The number of aromatic nitrogens is 2. The molecule has 1 amide bonds. The van der Waals surface area contributed by atoms with Gasteiger partial charge in [-0.1, -0.05) is 17.7 Å². The summed E-state index contributed by atoms with van der Waals surface area (Å²) >= 11 is 3.51. The maximum Gasteiger partial charge on any atom is 0.329 e. The minimum absolute atomic E-state index is 0.0333. The van der Waals surface area contributed by atoms with Gasteiger partial charge in [-0.25, -0.2) is 4.79 Å². The summed E-state index contributed by atoms with van der Waals surface area (Å²) in [5.41, 5.74) is 3.92. The first-order valence-electron chi connectivity index (χ1n) is 8.26. The normalized spacial score (nSPS) is 11.0. The summed E-state index contributed by atoms with van der Waals surface area (Å²) in [5, 5.41) is 2.93. The summed E-state index contributed by atoms with van der Waals surface area (Å²) in [7, 11) is 0. The first-order valence-corrected chi connectivity index (χ1v) is 9.06. The Morgan fingerprint density at radius 3 is 2.32 bits per heavy atom. The van der Waals surface area contributed by atoms with Crippen molar-refractivity contribution >= 4 is 38.6 Å². The van der Waals surface area contributed by atoms with Crippen LogP contribution in [0.1, 0.15) is 29.8 Å². The number of carbonyl (C=O) groups is 1. The van der Waals surface area contributed by atoms with Crippen molar-refractivity contribution < 1.29 is 4.79 Å². The Labute approximate surface area is 154 Å². The van der Waals surface area contributed by atoms with Gasteiger partial charge in [-0.15, -0.1) is 0 Å². The molecule has 2 aromatic carbocycles. The van der Waals surface area contributed by atoms with Crippen molar-refractivity contribution in [1.29, 1.82) is 0 Å². The molecule has 0 saturated carbocycles. The third kappa shape index (κ3) is 3.14. The quantitative estimate of drug-likeness (QED) is 0.713. The van der Waals surface area contributed by atoms with Gasteiger partial charge in [0.2, 0.25) is 0 Å². The number of carbonyl (C=O) groups excluding carboxylic acids is 1. The number of halogens is 1. The molecule has 1 heterocycles. The SMILES string of the molecule is CCn1c(=O)n(CC)c2cc(NC(=O)c3cccc(C)c3)c(Br)cc21. The number of hydrogen-bond donors (Lipinski definition) is 1. The van der Waals surface area contributed by atoms with Crippen LogP contribution in [-0.4, -0.2) is 15.0 Å². The summed E-state index contributed by atoms with van der Waals surface area (Å²) in [6.45, 7) is 7.02. The van der Waals surface area contributed by atoms with E-state index < -0.39 is 0 Å². The van der Waals surface area contributed by atoms with E-state index in [1.807, 2.05) is 51.1 Å². The number of aryl methyl sites for hydroxylation is 3. The van der Waals surface area contributed by atoms with Crippen LogP contribution in [0.15, 0.2) is 45.7 Å². The molecular formula is C19H20BrN3O2. The Morgan fingerprint density at radius 2 is 1.72 bits per heavy atom. The minimum atomic E-state index is -0.177. The van der Waals surface area contributed by atoms with E-state index >= 15 is 0 Å². The molecule has 0 saturated heterocycles. The molecule has 3 rings (SSSR count). The molecule has 5 nitrogen and oxygen atoms in total. The lowest BCUT2D eigenvalue weighted by atomic mass is 10.1. The molecule has 0 fully saturated rings. The number of hydrogen-bond acceptors (Lipinski definition) is 2. The van der Waals surface area contributed by atoms with Crippen molar-refractivity contribution in [2.24, 2.45) is 0 Å². The zero-order valence-corrected chi connectivity index (χ0v) is 16.1. The van der Waals surface area contributed by atoms with Gasteiger partial charge in [-0.2, -0.15) is 0 Å². The molecule has 25 heavy (non-hydrogen) atoms. The van der Waals surface area contributed by atoms with Crippen LogP contribution in [0.2, 0.25) is 0 Å². The third-order valence-electron chi connectivity index (χ3n) is 4.27. The second-order valence-electron chi connectivity index (χ2n) is 5.92. The van der Waals surface area contributed by atoms with Crippen molar-refractivity contribution in [2.75, 3.05) is 5.32 Å². The Balaban J connectivity index is 2.07. The Bertz CT molecular complexity index is 1020. The summed E-state index contributed by atoms with van der Waals surface area (Å²) in [6.07, 6.45) is 0. The zero-order valence-electron chi connectivity index (χ0n) is 14.5. The van der Waals surface area contributed by atoms with E-state index in [2.05, 4.69) is 21.2 Å². The van der Waals surface area contributed by atoms with Crippen LogP contribution in [0.3, 0.4) is 0 Å². The van der Waals surface area contributed by atoms with Crippen molar-refractivity contribution in [3.8, 4) is 0 Å². The lowest BCUT2D eigenvalue weighted by Crippen LogP contribution is -2.23. The van der Waals surface area contributed by atoms with E-state index in [0.29, 0.717) is 24.3 Å². The monoisotopic (exact) mass is 401 g/mol. The van der Waals surface area contributed by atoms with Crippen LogP contribution >= 0.6 is 15.9 Å². The second-order valence-corrected chi connectivity index (χ2v) is 6.77. The van der Waals surface area contributed by atoms with Gasteiger partial charge in [0.1, 0.15) is 0 Å². The summed E-state index contributed by atoms with van der Waals surface area (Å²) < 4.78 is 4.19. The molecule has 0 aliphatic carbocycles. The summed E-state index contributed by atoms with van der Waals surface area (Å²) in [6, 6.07) is 11.2. The van der Waals surface area contributed by atoms with Crippen LogP contribution in [0.25, 0.3) is 11.0 Å². The Hall–Kier alpha value is -2.34. The predicted octanol–water partition coefficient (Wildman–Crippen LogP) is 4.17. The van der Waals surface area contributed by atoms with Crippen molar-refractivity contribution in [3.63, 3.8) is 0 Å². The maximum absolute atomic E-state index is 12.5. The summed E-state index contributed by atoms with van der Waals surface area (Å²) in [5.74, 6) is -0.177. The Morgan fingerprint density at radius 1 is 1.08 bits per heavy atom. The van der Waals surface area contributed by atoms with Gasteiger partial charge in [0, 0.05) is 23.1 Å². The number of amides is 1. The highest BCUT2D eigenvalue weighted by molar-refractivity contribution is 9.10. The highest BCUT2D eigenvalue weighted by Gasteiger charge is 2.15. The molecular weight excluding hydrogens is 382 g/mol. The standard InChI is InChI=1S/C19H20BrN3O2/c1-4-22-16-10-14(20)15(11-17(16)23(5-2)19(22)25)21-18(24)13-8-6-7-12(3)9-13/h6-11H,4-5H2,1-3H3,(H,21,24). The van der Waals surface area contributed by atoms with E-state index in [4.69, 9.17) is 0 Å². The molecule has 0 aliphatic rings. The predicted molar refractivity (Wildman–Crippen MR) is 104 cm³/mol. The second kappa shape index (κ2) is 6.88. The zero-order chi connectivity index (χ0) is 18.1.